The number of rotatable bonds is 2. The molecule has 2 N–H and O–H groups in total. The molecule has 0 aromatic rings. The first-order valence-electron chi connectivity index (χ1n) is 3.60. The van der Waals surface area contributed by atoms with Gasteiger partial charge in [-0.05, 0) is 6.42 Å². The second-order valence-electron chi connectivity index (χ2n) is 2.50. The van der Waals surface area contributed by atoms with E-state index in [4.69, 9.17) is 5.73 Å². The summed E-state index contributed by atoms with van der Waals surface area (Å²) >= 11 is 0. The molecule has 3 heteroatoms. The van der Waals surface area contributed by atoms with Crippen LogP contribution in [0.3, 0.4) is 0 Å². The Labute approximate surface area is 60.5 Å². The molecule has 0 aromatic carbocycles. The van der Waals surface area contributed by atoms with Gasteiger partial charge in [0.1, 0.15) is 5.83 Å². The quantitative estimate of drug-likeness (QED) is 0.611. The van der Waals surface area contributed by atoms with Crippen molar-refractivity contribution in [2.24, 2.45) is 5.73 Å². The zero-order valence-electron chi connectivity index (χ0n) is 6.02. The Hall–Kier alpha value is -0.410. The summed E-state index contributed by atoms with van der Waals surface area (Å²) in [5.74, 6) is -0.0142. The topological polar surface area (TPSA) is 29.3 Å². The Morgan fingerprint density at radius 2 is 2.50 bits per heavy atom. The van der Waals surface area contributed by atoms with Crippen molar-refractivity contribution in [3.05, 3.63) is 11.9 Å². The summed E-state index contributed by atoms with van der Waals surface area (Å²) in [6, 6.07) is 0. The third-order valence-corrected chi connectivity index (χ3v) is 1.63. The monoisotopic (exact) mass is 144 g/mol. The molecule has 0 amide bonds. The van der Waals surface area contributed by atoms with Crippen LogP contribution < -0.4 is 5.73 Å². The van der Waals surface area contributed by atoms with Crippen LogP contribution in [-0.2, 0) is 0 Å². The highest BCUT2D eigenvalue weighted by atomic mass is 19.1. The molecular weight excluding hydrogens is 131 g/mol. The Bertz CT molecular complexity index is 134. The molecule has 0 saturated carbocycles. The van der Waals surface area contributed by atoms with Crippen molar-refractivity contribution in [3.8, 4) is 0 Å². The van der Waals surface area contributed by atoms with Crippen LogP contribution in [0.1, 0.15) is 6.42 Å². The van der Waals surface area contributed by atoms with E-state index in [1.807, 2.05) is 4.90 Å². The molecule has 0 aliphatic carbocycles. The van der Waals surface area contributed by atoms with Crippen LogP contribution in [0.2, 0.25) is 0 Å². The van der Waals surface area contributed by atoms with Crippen molar-refractivity contribution in [1.82, 2.24) is 4.90 Å². The van der Waals surface area contributed by atoms with Crippen LogP contribution >= 0.6 is 0 Å². The minimum Gasteiger partial charge on any atom is -0.329 e. The van der Waals surface area contributed by atoms with Crippen molar-refractivity contribution in [3.63, 3.8) is 0 Å². The van der Waals surface area contributed by atoms with E-state index >= 15 is 0 Å². The summed E-state index contributed by atoms with van der Waals surface area (Å²) in [6.45, 7) is 2.83. The SMILES string of the molecule is NCCN1CCC=C(F)C1. The summed E-state index contributed by atoms with van der Waals surface area (Å²) in [5.41, 5.74) is 5.32. The number of halogens is 1. The molecule has 0 unspecified atom stereocenters. The molecule has 10 heavy (non-hydrogen) atoms. The molecule has 1 aliphatic heterocycles. The van der Waals surface area contributed by atoms with E-state index in [9.17, 15) is 4.39 Å². The maximum absolute atomic E-state index is 12.5. The van der Waals surface area contributed by atoms with Crippen molar-refractivity contribution in [2.75, 3.05) is 26.2 Å². The van der Waals surface area contributed by atoms with Crippen molar-refractivity contribution >= 4 is 0 Å². The van der Waals surface area contributed by atoms with E-state index in [0.29, 0.717) is 13.1 Å². The molecule has 0 atom stereocenters. The van der Waals surface area contributed by atoms with E-state index in [-0.39, 0.29) is 5.83 Å². The standard InChI is InChI=1S/C7H13FN2/c8-7-2-1-4-10(6-7)5-3-9/h2H,1,3-6,9H2. The molecule has 2 nitrogen and oxygen atoms in total. The molecule has 1 rings (SSSR count). The Kier molecular flexibility index (Phi) is 2.83. The van der Waals surface area contributed by atoms with Crippen molar-refractivity contribution < 1.29 is 4.39 Å². The highest BCUT2D eigenvalue weighted by Crippen LogP contribution is 2.08. The zero-order valence-corrected chi connectivity index (χ0v) is 6.02. The second-order valence-corrected chi connectivity index (χ2v) is 2.50. The van der Waals surface area contributed by atoms with E-state index in [1.165, 1.54) is 0 Å². The summed E-state index contributed by atoms with van der Waals surface area (Å²) in [4.78, 5) is 2.02. The summed E-state index contributed by atoms with van der Waals surface area (Å²) in [6.07, 6.45) is 2.47. The van der Waals surface area contributed by atoms with Crippen LogP contribution in [0.15, 0.2) is 11.9 Å². The van der Waals surface area contributed by atoms with Gasteiger partial charge in [0.05, 0.1) is 0 Å². The van der Waals surface area contributed by atoms with Gasteiger partial charge in [-0.25, -0.2) is 4.39 Å². The van der Waals surface area contributed by atoms with Gasteiger partial charge < -0.3 is 5.73 Å². The minimum absolute atomic E-state index is 0.0142. The predicted molar refractivity (Wildman–Crippen MR) is 39.3 cm³/mol. The Morgan fingerprint density at radius 1 is 1.70 bits per heavy atom. The maximum Gasteiger partial charge on any atom is 0.110 e. The van der Waals surface area contributed by atoms with E-state index in [1.54, 1.807) is 6.08 Å². The largest absolute Gasteiger partial charge is 0.329 e. The van der Waals surface area contributed by atoms with Gasteiger partial charge in [-0.1, -0.05) is 6.08 Å². The van der Waals surface area contributed by atoms with Gasteiger partial charge in [0.15, 0.2) is 0 Å². The lowest BCUT2D eigenvalue weighted by Gasteiger charge is -2.22. The number of hydrogen-bond acceptors (Lipinski definition) is 2. The molecule has 0 fully saturated rings. The van der Waals surface area contributed by atoms with Gasteiger partial charge in [0, 0.05) is 26.2 Å². The lowest BCUT2D eigenvalue weighted by atomic mass is 10.2. The fourth-order valence-corrected chi connectivity index (χ4v) is 1.13. The minimum atomic E-state index is -0.0142. The molecule has 58 valence electrons. The Morgan fingerprint density at radius 3 is 3.10 bits per heavy atom. The van der Waals surface area contributed by atoms with Gasteiger partial charge in [-0.2, -0.15) is 0 Å². The molecule has 0 radical (unpaired) electrons. The third-order valence-electron chi connectivity index (χ3n) is 1.63. The van der Waals surface area contributed by atoms with E-state index in [0.717, 1.165) is 19.5 Å². The second kappa shape index (κ2) is 3.68. The Balaban J connectivity index is 2.30. The normalized spacial score (nSPS) is 20.8. The molecule has 1 aliphatic rings. The first-order valence-corrected chi connectivity index (χ1v) is 3.60. The fourth-order valence-electron chi connectivity index (χ4n) is 1.13. The highest BCUT2D eigenvalue weighted by molar-refractivity contribution is 4.98. The first kappa shape index (κ1) is 7.69. The maximum atomic E-state index is 12.5. The molecular formula is C7H13FN2. The van der Waals surface area contributed by atoms with Crippen LogP contribution in [0.4, 0.5) is 4.39 Å². The van der Waals surface area contributed by atoms with Gasteiger partial charge in [-0.3, -0.25) is 4.90 Å². The summed E-state index contributed by atoms with van der Waals surface area (Å²) in [7, 11) is 0. The van der Waals surface area contributed by atoms with E-state index in [2.05, 4.69) is 0 Å². The van der Waals surface area contributed by atoms with E-state index < -0.39 is 0 Å². The van der Waals surface area contributed by atoms with Gasteiger partial charge in [0.25, 0.3) is 0 Å². The summed E-state index contributed by atoms with van der Waals surface area (Å²) < 4.78 is 12.5. The van der Waals surface area contributed by atoms with Gasteiger partial charge >= 0.3 is 0 Å². The smallest absolute Gasteiger partial charge is 0.110 e. The first-order chi connectivity index (χ1) is 4.83. The molecule has 0 bridgehead atoms. The number of nitrogens with two attached hydrogens (primary N) is 1. The average molecular weight is 144 g/mol. The van der Waals surface area contributed by atoms with Crippen molar-refractivity contribution in [2.45, 2.75) is 6.42 Å². The predicted octanol–water partition coefficient (Wildman–Crippen LogP) is 0.504. The molecule has 0 spiro atoms. The fraction of sp³-hybridized carbons (Fsp3) is 0.714. The highest BCUT2D eigenvalue weighted by Gasteiger charge is 2.09. The lowest BCUT2D eigenvalue weighted by Crippen LogP contribution is -2.33. The number of hydrogen-bond donors (Lipinski definition) is 1. The third kappa shape index (κ3) is 2.08. The molecule has 0 saturated heterocycles. The van der Waals surface area contributed by atoms with Crippen LogP contribution in [-0.4, -0.2) is 31.1 Å². The average Bonchev–Trinajstić information content (AvgIpc) is 1.88. The summed E-state index contributed by atoms with van der Waals surface area (Å²) in [5, 5.41) is 0. The van der Waals surface area contributed by atoms with Gasteiger partial charge in [-0.15, -0.1) is 0 Å². The van der Waals surface area contributed by atoms with Crippen LogP contribution in [0.5, 0.6) is 0 Å². The van der Waals surface area contributed by atoms with Gasteiger partial charge in [0.2, 0.25) is 0 Å². The lowest BCUT2D eigenvalue weighted by molar-refractivity contribution is 0.274. The van der Waals surface area contributed by atoms with Crippen LogP contribution in [0, 0.1) is 0 Å². The number of nitrogens with zero attached hydrogens (tertiary/aromatic N) is 1. The molecule has 1 heterocycles. The van der Waals surface area contributed by atoms with Crippen LogP contribution in [0.25, 0.3) is 0 Å². The van der Waals surface area contributed by atoms with Crippen molar-refractivity contribution in [1.29, 1.82) is 0 Å². The molecule has 0 aromatic heterocycles. The zero-order chi connectivity index (χ0) is 7.40.